The van der Waals surface area contributed by atoms with Crippen LogP contribution in [0.25, 0.3) is 6.08 Å². The number of benzene rings is 1. The molecule has 2 unspecified atom stereocenters. The number of hydrogen-bond donors (Lipinski definition) is 0. The van der Waals surface area contributed by atoms with Crippen LogP contribution in [0.1, 0.15) is 19.4 Å². The third-order valence-electron chi connectivity index (χ3n) is 4.32. The first-order chi connectivity index (χ1) is 12.2. The van der Waals surface area contributed by atoms with Crippen molar-refractivity contribution in [3.63, 3.8) is 0 Å². The van der Waals surface area contributed by atoms with Gasteiger partial charge >= 0.3 is 0 Å². The van der Waals surface area contributed by atoms with E-state index in [4.69, 9.17) is 17.2 Å². The molecule has 0 bridgehead atoms. The molecule has 0 aliphatic carbocycles. The number of thiocarbonyl (C=S) groups is 1. The topological polar surface area (TPSA) is 34.4 Å². The molecule has 0 spiro atoms. The van der Waals surface area contributed by atoms with Crippen LogP contribution in [0.5, 0.6) is 0 Å². The lowest BCUT2D eigenvalue weighted by Crippen LogP contribution is -2.45. The van der Waals surface area contributed by atoms with E-state index in [1.54, 1.807) is 11.8 Å². The second-order valence-electron chi connectivity index (χ2n) is 5.68. The van der Waals surface area contributed by atoms with Gasteiger partial charge in [-0.25, -0.2) is 10.0 Å². The molecule has 1 aromatic carbocycles. The molecular weight excluding hydrogens is 350 g/mol. The van der Waals surface area contributed by atoms with Crippen molar-refractivity contribution < 1.29 is 0 Å². The lowest BCUT2D eigenvalue weighted by molar-refractivity contribution is 0.173. The van der Waals surface area contributed by atoms with E-state index in [2.05, 4.69) is 40.9 Å². The fraction of sp³-hybridized carbons (Fsp3) is 0.389. The molecule has 2 atom stereocenters. The molecule has 7 heteroatoms. The van der Waals surface area contributed by atoms with Crippen LogP contribution in [-0.2, 0) is 0 Å². The number of amidine groups is 1. The van der Waals surface area contributed by atoms with E-state index in [-0.39, 0.29) is 12.3 Å². The molecule has 3 rings (SSSR count). The SMILES string of the molecule is CCN1C(=S)N(CC)C2C1N=C(SC)N2/N=C/C=C/c1ccccc1. The Morgan fingerprint density at radius 3 is 2.56 bits per heavy atom. The fourth-order valence-corrected chi connectivity index (χ4v) is 4.16. The second kappa shape index (κ2) is 8.01. The molecule has 0 radical (unpaired) electrons. The van der Waals surface area contributed by atoms with E-state index in [1.165, 1.54) is 0 Å². The van der Waals surface area contributed by atoms with Gasteiger partial charge in [0.2, 0.25) is 0 Å². The van der Waals surface area contributed by atoms with Crippen LogP contribution in [0.3, 0.4) is 0 Å². The minimum atomic E-state index is 0.0233. The Kier molecular flexibility index (Phi) is 5.75. The van der Waals surface area contributed by atoms with Crippen molar-refractivity contribution in [2.75, 3.05) is 19.3 Å². The summed E-state index contributed by atoms with van der Waals surface area (Å²) in [5, 5.41) is 8.47. The van der Waals surface area contributed by atoms with Gasteiger partial charge in [-0.05, 0) is 44.0 Å². The Morgan fingerprint density at radius 1 is 1.20 bits per heavy atom. The normalized spacial score (nSPS) is 23.2. The van der Waals surface area contributed by atoms with Crippen LogP contribution in [-0.4, -0.2) is 63.0 Å². The summed E-state index contributed by atoms with van der Waals surface area (Å²) in [6.45, 7) is 5.94. The van der Waals surface area contributed by atoms with Gasteiger partial charge in [-0.1, -0.05) is 48.2 Å². The number of fused-ring (bicyclic) bond motifs is 1. The third kappa shape index (κ3) is 3.43. The van der Waals surface area contributed by atoms with Gasteiger partial charge in [0.25, 0.3) is 0 Å². The van der Waals surface area contributed by atoms with Crippen molar-refractivity contribution in [1.29, 1.82) is 0 Å². The predicted molar refractivity (Wildman–Crippen MR) is 112 cm³/mol. The molecule has 0 amide bonds. The van der Waals surface area contributed by atoms with Crippen molar-refractivity contribution in [2.45, 2.75) is 26.2 Å². The summed E-state index contributed by atoms with van der Waals surface area (Å²) in [4.78, 5) is 9.23. The highest BCUT2D eigenvalue weighted by molar-refractivity contribution is 8.13. The zero-order valence-corrected chi connectivity index (χ0v) is 16.4. The minimum absolute atomic E-state index is 0.0233. The number of nitrogens with zero attached hydrogens (tertiary/aromatic N) is 5. The maximum absolute atomic E-state index is 5.62. The smallest absolute Gasteiger partial charge is 0.183 e. The molecule has 5 nitrogen and oxygen atoms in total. The monoisotopic (exact) mass is 373 g/mol. The Balaban J connectivity index is 1.80. The van der Waals surface area contributed by atoms with Gasteiger partial charge < -0.3 is 9.80 Å². The maximum Gasteiger partial charge on any atom is 0.183 e. The average Bonchev–Trinajstić information content (AvgIpc) is 3.12. The second-order valence-corrected chi connectivity index (χ2v) is 6.82. The molecule has 0 aromatic heterocycles. The number of rotatable bonds is 5. The van der Waals surface area contributed by atoms with E-state index in [1.807, 2.05) is 47.8 Å². The van der Waals surface area contributed by atoms with Gasteiger partial charge in [0.1, 0.15) is 0 Å². The third-order valence-corrected chi connectivity index (χ3v) is 5.44. The number of aliphatic imine (C=N–C) groups is 1. The van der Waals surface area contributed by atoms with Gasteiger partial charge in [-0.15, -0.1) is 0 Å². The van der Waals surface area contributed by atoms with Gasteiger partial charge in [0, 0.05) is 19.3 Å². The molecule has 132 valence electrons. The summed E-state index contributed by atoms with van der Waals surface area (Å²) in [7, 11) is 0. The summed E-state index contributed by atoms with van der Waals surface area (Å²) in [6.07, 6.45) is 7.93. The van der Waals surface area contributed by atoms with Crippen LogP contribution < -0.4 is 0 Å². The first kappa shape index (κ1) is 17.9. The van der Waals surface area contributed by atoms with Crippen LogP contribution in [0.2, 0.25) is 0 Å². The Labute approximate surface area is 159 Å². The van der Waals surface area contributed by atoms with Crippen molar-refractivity contribution in [2.24, 2.45) is 10.1 Å². The number of likely N-dealkylation sites (N-methyl/N-ethyl adjacent to an activating group) is 2. The minimum Gasteiger partial charge on any atom is -0.324 e. The Hall–Kier alpha value is -1.86. The summed E-state index contributed by atoms with van der Waals surface area (Å²) in [5.74, 6) is 0. The van der Waals surface area contributed by atoms with E-state index < -0.39 is 0 Å². The van der Waals surface area contributed by atoms with Gasteiger partial charge in [-0.3, -0.25) is 0 Å². The lowest BCUT2D eigenvalue weighted by Gasteiger charge is -2.28. The molecule has 25 heavy (non-hydrogen) atoms. The molecule has 1 fully saturated rings. The first-order valence-electron chi connectivity index (χ1n) is 8.45. The van der Waals surface area contributed by atoms with Gasteiger partial charge in [0.05, 0.1) is 0 Å². The van der Waals surface area contributed by atoms with Crippen molar-refractivity contribution >= 4 is 46.6 Å². The highest BCUT2D eigenvalue weighted by Crippen LogP contribution is 2.34. The molecule has 2 aliphatic heterocycles. The van der Waals surface area contributed by atoms with Crippen LogP contribution >= 0.6 is 24.0 Å². The van der Waals surface area contributed by atoms with E-state index in [9.17, 15) is 0 Å². The number of thioether (sulfide) groups is 1. The Bertz CT molecular complexity index is 701. The van der Waals surface area contributed by atoms with Crippen molar-refractivity contribution in [3.8, 4) is 0 Å². The zero-order chi connectivity index (χ0) is 17.8. The summed E-state index contributed by atoms with van der Waals surface area (Å²) in [6, 6.07) is 10.2. The predicted octanol–water partition coefficient (Wildman–Crippen LogP) is 3.31. The standard InChI is InChI=1S/C18H23N5S2/c1-4-21-15-16(22(5-2)18(21)24)23(17(20-15)25-3)19-13-9-12-14-10-7-6-8-11-14/h6-13,15-16H,4-5H2,1-3H3/b12-9+,19-13+. The molecule has 2 aliphatic rings. The highest BCUT2D eigenvalue weighted by atomic mass is 32.2. The number of hydrogen-bond acceptors (Lipinski definition) is 5. The average molecular weight is 374 g/mol. The number of hydrazone groups is 1. The molecular formula is C18H23N5S2. The van der Waals surface area contributed by atoms with E-state index in [0.29, 0.717) is 0 Å². The summed E-state index contributed by atoms with van der Waals surface area (Å²) in [5.41, 5.74) is 1.15. The van der Waals surface area contributed by atoms with E-state index >= 15 is 0 Å². The zero-order valence-electron chi connectivity index (χ0n) is 14.7. The number of allylic oxidation sites excluding steroid dienone is 1. The molecule has 1 saturated heterocycles. The van der Waals surface area contributed by atoms with Crippen molar-refractivity contribution in [3.05, 3.63) is 42.0 Å². The largest absolute Gasteiger partial charge is 0.324 e. The summed E-state index contributed by atoms with van der Waals surface area (Å²) < 4.78 is 0. The molecule has 0 N–H and O–H groups in total. The molecule has 0 saturated carbocycles. The molecule has 1 aromatic rings. The highest BCUT2D eigenvalue weighted by Gasteiger charge is 2.50. The van der Waals surface area contributed by atoms with Crippen molar-refractivity contribution in [1.82, 2.24) is 14.8 Å². The van der Waals surface area contributed by atoms with Crippen LogP contribution in [0.4, 0.5) is 0 Å². The quantitative estimate of drug-likeness (QED) is 0.584. The van der Waals surface area contributed by atoms with Crippen LogP contribution in [0, 0.1) is 0 Å². The molecule has 2 heterocycles. The lowest BCUT2D eigenvalue weighted by atomic mass is 10.2. The van der Waals surface area contributed by atoms with Gasteiger partial charge in [-0.2, -0.15) is 5.10 Å². The first-order valence-corrected chi connectivity index (χ1v) is 10.1. The maximum atomic E-state index is 5.62. The Morgan fingerprint density at radius 2 is 1.92 bits per heavy atom. The van der Waals surface area contributed by atoms with E-state index in [0.717, 1.165) is 28.9 Å². The summed E-state index contributed by atoms with van der Waals surface area (Å²) >= 11 is 7.24. The van der Waals surface area contributed by atoms with Crippen LogP contribution in [0.15, 0.2) is 46.5 Å². The van der Waals surface area contributed by atoms with Gasteiger partial charge in [0.15, 0.2) is 22.6 Å². The fourth-order valence-electron chi connectivity index (χ4n) is 3.13.